The number of nitrogens with zero attached hydrogens (tertiary/aromatic N) is 5. The number of aryl methyl sites for hydroxylation is 1. The van der Waals surface area contributed by atoms with Crippen LogP contribution in [0.3, 0.4) is 0 Å². The van der Waals surface area contributed by atoms with Gasteiger partial charge in [-0.3, -0.25) is 9.62 Å². The number of likely N-dealkylation sites (N-methyl/N-ethyl adjacent to an activating group) is 1. The van der Waals surface area contributed by atoms with E-state index in [1.165, 1.54) is 25.7 Å². The fraction of sp³-hybridized carbons (Fsp3) is 0.484. The molecule has 0 bridgehead atoms. The summed E-state index contributed by atoms with van der Waals surface area (Å²) in [6.07, 6.45) is 6.81. The van der Waals surface area contributed by atoms with Crippen molar-refractivity contribution in [3.05, 3.63) is 51.6 Å². The predicted octanol–water partition coefficient (Wildman–Crippen LogP) is 5.49. The molecule has 11 nitrogen and oxygen atoms in total. The number of anilines is 6. The molecule has 2 saturated heterocycles. The Bertz CT molecular complexity index is 1670. The van der Waals surface area contributed by atoms with Crippen LogP contribution in [-0.4, -0.2) is 93.4 Å². The lowest BCUT2D eigenvalue weighted by Crippen LogP contribution is -2.46. The first-order chi connectivity index (χ1) is 21.5. The van der Waals surface area contributed by atoms with E-state index in [2.05, 4.69) is 54.0 Å². The summed E-state index contributed by atoms with van der Waals surface area (Å²) in [6.45, 7) is 9.29. The maximum atomic E-state index is 12.1. The fourth-order valence-electron chi connectivity index (χ4n) is 6.39. The average Bonchev–Trinajstić information content (AvgIpc) is 3.33. The smallest absolute Gasteiger partial charge is 0.229 e. The number of hydrogen-bond acceptors (Lipinski definition) is 10. The number of nitrogens with one attached hydrogen (secondary N) is 3. The van der Waals surface area contributed by atoms with Crippen LogP contribution >= 0.6 is 23.2 Å². The van der Waals surface area contributed by atoms with Crippen molar-refractivity contribution in [1.29, 1.82) is 0 Å². The normalized spacial score (nSPS) is 18.3. The van der Waals surface area contributed by atoms with Gasteiger partial charge in [-0.05, 0) is 75.6 Å². The molecule has 4 heterocycles. The Balaban J connectivity index is 1.16. The highest BCUT2D eigenvalue weighted by Gasteiger charge is 2.27. The molecule has 0 unspecified atom stereocenters. The van der Waals surface area contributed by atoms with Crippen molar-refractivity contribution in [2.75, 3.05) is 79.4 Å². The summed E-state index contributed by atoms with van der Waals surface area (Å²) in [5.74, 6) is 1.27. The minimum absolute atomic E-state index is 0.264. The third-order valence-corrected chi connectivity index (χ3v) is 9.91. The second-order valence-electron chi connectivity index (χ2n) is 12.1. The summed E-state index contributed by atoms with van der Waals surface area (Å²) in [4.78, 5) is 16.5. The quantitative estimate of drug-likeness (QED) is 0.283. The van der Waals surface area contributed by atoms with Crippen molar-refractivity contribution in [3.8, 4) is 5.75 Å². The fourth-order valence-corrected chi connectivity index (χ4v) is 7.30. The van der Waals surface area contributed by atoms with Crippen LogP contribution in [-0.2, 0) is 16.4 Å². The Hall–Kier alpha value is -3.03. The molecule has 0 amide bonds. The SMILES string of the molecule is Cc1cc(Nc2ncc(Cl)c(Nc3cc4c(cc3NS(C)(=O)=O)CCO4)n2)c(Cl)cc1N1CCC(N2CCCN(C)CC2)CC1. The van der Waals surface area contributed by atoms with Gasteiger partial charge in [0.2, 0.25) is 16.0 Å². The summed E-state index contributed by atoms with van der Waals surface area (Å²) in [6, 6.07) is 8.18. The molecule has 6 rings (SSSR count). The maximum absolute atomic E-state index is 12.1. The molecule has 2 aromatic carbocycles. The van der Waals surface area contributed by atoms with Crippen LogP contribution < -0.4 is 25.0 Å². The molecule has 242 valence electrons. The number of ether oxygens (including phenoxy) is 1. The number of fused-ring (bicyclic) bond motifs is 1. The molecule has 3 aliphatic heterocycles. The molecule has 0 radical (unpaired) electrons. The highest BCUT2D eigenvalue weighted by Crippen LogP contribution is 2.38. The van der Waals surface area contributed by atoms with Crippen LogP contribution in [0.25, 0.3) is 0 Å². The highest BCUT2D eigenvalue weighted by atomic mass is 35.5. The largest absolute Gasteiger partial charge is 0.493 e. The predicted molar refractivity (Wildman–Crippen MR) is 183 cm³/mol. The lowest BCUT2D eigenvalue weighted by Gasteiger charge is -2.39. The minimum atomic E-state index is -3.53. The molecule has 0 spiro atoms. The van der Waals surface area contributed by atoms with E-state index in [4.69, 9.17) is 27.9 Å². The van der Waals surface area contributed by atoms with Crippen LogP contribution in [0.15, 0.2) is 30.5 Å². The molecule has 3 N–H and O–H groups in total. The van der Waals surface area contributed by atoms with E-state index in [9.17, 15) is 8.42 Å². The van der Waals surface area contributed by atoms with Crippen LogP contribution in [0, 0.1) is 6.92 Å². The van der Waals surface area contributed by atoms with Crippen molar-refractivity contribution in [2.24, 2.45) is 0 Å². The van der Waals surface area contributed by atoms with Crippen molar-refractivity contribution < 1.29 is 13.2 Å². The van der Waals surface area contributed by atoms with E-state index >= 15 is 0 Å². The molecule has 2 fully saturated rings. The Kier molecular flexibility index (Phi) is 9.49. The van der Waals surface area contributed by atoms with Gasteiger partial charge in [0.15, 0.2) is 5.82 Å². The lowest BCUT2D eigenvalue weighted by atomic mass is 10.0. The Labute approximate surface area is 275 Å². The zero-order chi connectivity index (χ0) is 31.7. The molecule has 0 aliphatic carbocycles. The Morgan fingerprint density at radius 2 is 1.73 bits per heavy atom. The van der Waals surface area contributed by atoms with Crippen LogP contribution in [0.1, 0.15) is 30.4 Å². The van der Waals surface area contributed by atoms with E-state index < -0.39 is 10.0 Å². The second-order valence-corrected chi connectivity index (χ2v) is 14.7. The van der Waals surface area contributed by atoms with Gasteiger partial charge in [0.1, 0.15) is 10.8 Å². The van der Waals surface area contributed by atoms with Gasteiger partial charge >= 0.3 is 0 Å². The second kappa shape index (κ2) is 13.4. The van der Waals surface area contributed by atoms with Gasteiger partial charge in [0.05, 0.1) is 41.1 Å². The Morgan fingerprint density at radius 3 is 2.51 bits per heavy atom. The summed E-state index contributed by atoms with van der Waals surface area (Å²) in [5, 5.41) is 7.22. The van der Waals surface area contributed by atoms with Crippen molar-refractivity contribution in [3.63, 3.8) is 0 Å². The Morgan fingerprint density at radius 1 is 0.933 bits per heavy atom. The van der Waals surface area contributed by atoms with Crippen molar-refractivity contribution in [2.45, 2.75) is 38.6 Å². The van der Waals surface area contributed by atoms with Crippen LogP contribution in [0.5, 0.6) is 5.75 Å². The van der Waals surface area contributed by atoms with E-state index in [1.54, 1.807) is 12.1 Å². The van der Waals surface area contributed by atoms with Gasteiger partial charge in [-0.15, -0.1) is 0 Å². The van der Waals surface area contributed by atoms with Gasteiger partial charge in [0, 0.05) is 50.4 Å². The first-order valence-corrected chi connectivity index (χ1v) is 18.0. The molecule has 1 aromatic heterocycles. The maximum Gasteiger partial charge on any atom is 0.229 e. The third kappa shape index (κ3) is 7.69. The average molecular weight is 676 g/mol. The molecule has 0 atom stereocenters. The number of hydrogen-bond donors (Lipinski definition) is 3. The van der Waals surface area contributed by atoms with Crippen LogP contribution in [0.2, 0.25) is 10.0 Å². The number of piperidine rings is 1. The number of rotatable bonds is 8. The molecule has 14 heteroatoms. The summed E-state index contributed by atoms with van der Waals surface area (Å²) in [5.41, 5.74) is 4.69. The molecular formula is C31H40Cl2N8O3S. The molecule has 3 aliphatic rings. The molecule has 3 aromatic rings. The van der Waals surface area contributed by atoms with Crippen molar-refractivity contribution >= 4 is 67.7 Å². The van der Waals surface area contributed by atoms with Crippen molar-refractivity contribution in [1.82, 2.24) is 19.8 Å². The summed E-state index contributed by atoms with van der Waals surface area (Å²) >= 11 is 13.3. The summed E-state index contributed by atoms with van der Waals surface area (Å²) < 4.78 is 32.4. The van der Waals surface area contributed by atoms with Gasteiger partial charge in [-0.2, -0.15) is 4.98 Å². The number of benzene rings is 2. The number of sulfonamides is 1. The van der Waals surface area contributed by atoms with E-state index in [1.807, 2.05) is 12.1 Å². The van der Waals surface area contributed by atoms with Gasteiger partial charge in [0.25, 0.3) is 0 Å². The lowest BCUT2D eigenvalue weighted by molar-refractivity contribution is 0.174. The first kappa shape index (κ1) is 31.9. The van der Waals surface area contributed by atoms with Gasteiger partial charge < -0.3 is 25.2 Å². The summed E-state index contributed by atoms with van der Waals surface area (Å²) in [7, 11) is -1.31. The zero-order valence-electron chi connectivity index (χ0n) is 25.9. The topological polar surface area (TPSA) is 115 Å². The minimum Gasteiger partial charge on any atom is -0.493 e. The molecule has 0 saturated carbocycles. The van der Waals surface area contributed by atoms with E-state index in [0.29, 0.717) is 52.7 Å². The van der Waals surface area contributed by atoms with Gasteiger partial charge in [-0.25, -0.2) is 13.4 Å². The highest BCUT2D eigenvalue weighted by molar-refractivity contribution is 7.92. The number of halogens is 2. The standard InChI is InChI=1S/C31H40Cl2N8O3S/c1-20-15-25(23(32)17-28(20)41-10-5-22(6-11-41)40-9-4-8-39(2)12-13-40)36-31-34-19-24(33)30(37-31)35-26-18-29-21(7-14-44-29)16-27(26)38-45(3,42)43/h15-19,22,38H,4-14H2,1-3H3,(H2,34,35,36,37). The monoisotopic (exact) mass is 674 g/mol. The van der Waals surface area contributed by atoms with Gasteiger partial charge in [-0.1, -0.05) is 23.2 Å². The first-order valence-electron chi connectivity index (χ1n) is 15.3. The molecule has 45 heavy (non-hydrogen) atoms. The van der Waals surface area contributed by atoms with Crippen LogP contribution in [0.4, 0.5) is 34.5 Å². The van der Waals surface area contributed by atoms with E-state index in [-0.39, 0.29) is 11.0 Å². The third-order valence-electron chi connectivity index (χ3n) is 8.73. The van der Waals surface area contributed by atoms with E-state index in [0.717, 1.165) is 62.1 Å². The number of aromatic nitrogens is 2. The molecular weight excluding hydrogens is 635 g/mol. The zero-order valence-corrected chi connectivity index (χ0v) is 28.2.